The Bertz CT molecular complexity index is 1440. The summed E-state index contributed by atoms with van der Waals surface area (Å²) >= 11 is 0. The smallest absolute Gasteiger partial charge is 0.320 e. The van der Waals surface area contributed by atoms with Crippen LogP contribution in [0.1, 0.15) is 48.8 Å². The van der Waals surface area contributed by atoms with E-state index < -0.39 is 0 Å². The van der Waals surface area contributed by atoms with Crippen LogP contribution in [0.3, 0.4) is 0 Å². The second-order valence-corrected chi connectivity index (χ2v) is 9.92. The number of imidazole rings is 1. The maximum atomic E-state index is 10.6. The molecule has 37 heavy (non-hydrogen) atoms. The van der Waals surface area contributed by atoms with Gasteiger partial charge in [-0.3, -0.25) is 4.57 Å². The third-order valence-corrected chi connectivity index (χ3v) is 7.31. The summed E-state index contributed by atoms with van der Waals surface area (Å²) < 4.78 is 7.39. The lowest BCUT2D eigenvalue weighted by atomic mass is 9.92. The lowest BCUT2D eigenvalue weighted by Crippen LogP contribution is -2.34. The summed E-state index contributed by atoms with van der Waals surface area (Å²) in [6.07, 6.45) is 10.9. The number of nitrogens with one attached hydrogen (secondary N) is 1. The number of aromatic hydroxyl groups is 1. The number of ether oxygens (including phenoxy) is 1. The molecule has 4 N–H and O–H groups in total. The van der Waals surface area contributed by atoms with Gasteiger partial charge in [0.25, 0.3) is 6.01 Å². The van der Waals surface area contributed by atoms with E-state index in [1.807, 2.05) is 0 Å². The zero-order valence-electron chi connectivity index (χ0n) is 20.9. The molecule has 0 radical (unpaired) electrons. The van der Waals surface area contributed by atoms with Crippen LogP contribution in [-0.4, -0.2) is 37.3 Å². The van der Waals surface area contributed by atoms with Crippen molar-refractivity contribution in [1.29, 1.82) is 0 Å². The lowest BCUT2D eigenvalue weighted by molar-refractivity contribution is 0.289. The molecule has 1 aliphatic carbocycles. The molecule has 2 aromatic heterocycles. The fraction of sp³-hybridized carbons (Fsp3) is 0.345. The van der Waals surface area contributed by atoms with E-state index in [2.05, 4.69) is 74.9 Å². The molecule has 190 valence electrons. The second-order valence-electron chi connectivity index (χ2n) is 9.92. The third-order valence-electron chi connectivity index (χ3n) is 7.31. The molecule has 0 unspecified atom stereocenters. The molecule has 8 heteroatoms. The van der Waals surface area contributed by atoms with Gasteiger partial charge in [0.15, 0.2) is 17.0 Å². The summed E-state index contributed by atoms with van der Waals surface area (Å²) in [7, 11) is 0. The van der Waals surface area contributed by atoms with Crippen LogP contribution in [0.2, 0.25) is 0 Å². The highest BCUT2D eigenvalue weighted by atomic mass is 16.5. The minimum Gasteiger partial charge on any atom is -0.480 e. The predicted octanol–water partition coefficient (Wildman–Crippen LogP) is 4.74. The molecule has 0 spiro atoms. The van der Waals surface area contributed by atoms with Crippen molar-refractivity contribution in [1.82, 2.24) is 24.8 Å². The summed E-state index contributed by atoms with van der Waals surface area (Å²) in [6.45, 7) is 1.80. The number of nitrogens with two attached hydrogens (primary N) is 1. The van der Waals surface area contributed by atoms with E-state index in [1.54, 1.807) is 4.57 Å². The zero-order valence-corrected chi connectivity index (χ0v) is 20.9. The highest BCUT2D eigenvalue weighted by Crippen LogP contribution is 2.30. The molecule has 3 heterocycles. The minimum absolute atomic E-state index is 0.144. The Labute approximate surface area is 216 Å². The first-order valence-electron chi connectivity index (χ1n) is 13.1. The van der Waals surface area contributed by atoms with Crippen molar-refractivity contribution in [2.24, 2.45) is 0 Å². The quantitative estimate of drug-likeness (QED) is 0.350. The number of anilines is 1. The van der Waals surface area contributed by atoms with Crippen molar-refractivity contribution < 1.29 is 9.84 Å². The van der Waals surface area contributed by atoms with Crippen LogP contribution in [0, 0.1) is 0 Å². The molecule has 4 aromatic rings. The van der Waals surface area contributed by atoms with Crippen molar-refractivity contribution in [2.45, 2.75) is 57.7 Å². The average Bonchev–Trinajstić information content (AvgIpc) is 3.18. The number of aromatic nitrogens is 4. The average molecular weight is 497 g/mol. The van der Waals surface area contributed by atoms with Crippen molar-refractivity contribution in [3.05, 3.63) is 71.3 Å². The van der Waals surface area contributed by atoms with Crippen LogP contribution in [-0.2, 0) is 19.5 Å². The molecule has 2 aromatic carbocycles. The van der Waals surface area contributed by atoms with Crippen molar-refractivity contribution in [2.75, 3.05) is 12.3 Å². The van der Waals surface area contributed by atoms with Crippen LogP contribution in [0.25, 0.3) is 22.3 Å². The maximum absolute atomic E-state index is 10.6. The lowest BCUT2D eigenvalue weighted by Gasteiger charge is -2.26. The number of nitrogens with zero attached hydrogens (tertiary/aromatic N) is 4. The Hall–Kier alpha value is -3.91. The van der Waals surface area contributed by atoms with Gasteiger partial charge >= 0.3 is 6.01 Å². The summed E-state index contributed by atoms with van der Waals surface area (Å²) in [5, 5.41) is 14.2. The molecule has 8 nitrogen and oxygen atoms in total. The number of nitrogen functional groups attached to an aromatic ring is 1. The topological polar surface area (TPSA) is 111 Å². The molecule has 2 aliphatic rings. The van der Waals surface area contributed by atoms with Crippen molar-refractivity contribution >= 4 is 17.0 Å². The van der Waals surface area contributed by atoms with Crippen LogP contribution in [0.5, 0.6) is 12.0 Å². The zero-order chi connectivity index (χ0) is 25.2. The van der Waals surface area contributed by atoms with E-state index in [9.17, 15) is 5.11 Å². The SMILES string of the molecule is Nc1nc2nc3c1nc(O)n3Cc1ccc(-c3ccc(CNC4CCC4)cc3)c(c1)C/C=C\CCCO2. The van der Waals surface area contributed by atoms with E-state index >= 15 is 0 Å². The number of hydrogen-bond donors (Lipinski definition) is 3. The predicted molar refractivity (Wildman–Crippen MR) is 144 cm³/mol. The van der Waals surface area contributed by atoms with Gasteiger partial charge in [-0.25, -0.2) is 0 Å². The highest BCUT2D eigenvalue weighted by Gasteiger charge is 2.18. The Balaban J connectivity index is 1.33. The minimum atomic E-state index is -0.144. The number of benzene rings is 2. The fourth-order valence-electron chi connectivity index (χ4n) is 4.95. The van der Waals surface area contributed by atoms with E-state index in [-0.39, 0.29) is 17.8 Å². The van der Waals surface area contributed by atoms with E-state index in [4.69, 9.17) is 10.5 Å². The van der Waals surface area contributed by atoms with E-state index in [0.29, 0.717) is 30.4 Å². The molecular weight excluding hydrogens is 464 g/mol. The Morgan fingerprint density at radius 3 is 2.70 bits per heavy atom. The molecule has 1 aliphatic heterocycles. The van der Waals surface area contributed by atoms with Gasteiger partial charge in [0.1, 0.15) is 0 Å². The van der Waals surface area contributed by atoms with Gasteiger partial charge in [0.05, 0.1) is 13.2 Å². The largest absolute Gasteiger partial charge is 0.480 e. The molecule has 0 amide bonds. The van der Waals surface area contributed by atoms with Crippen LogP contribution < -0.4 is 15.8 Å². The van der Waals surface area contributed by atoms with Gasteiger partial charge in [-0.1, -0.05) is 61.0 Å². The van der Waals surface area contributed by atoms with Crippen molar-refractivity contribution in [3.8, 4) is 23.1 Å². The van der Waals surface area contributed by atoms with Gasteiger partial charge in [-0.2, -0.15) is 15.0 Å². The standard InChI is InChI=1S/C29H32N6O2/c30-26-25-27-34-28(33-26)37-15-4-2-1-3-6-22-16-20(18-35(27)29(36)32-25)11-14-24(22)21-12-9-19(10-13-21)17-31-23-7-5-8-23/h1,3,9-14,16,23,31H,2,4-8,15,17-18H2,(H,32,36)(H2,30,33,34)/b3-1-. The normalized spacial score (nSPS) is 17.1. The summed E-state index contributed by atoms with van der Waals surface area (Å²) in [5.41, 5.74) is 12.9. The number of rotatable bonds is 4. The van der Waals surface area contributed by atoms with Crippen LogP contribution in [0.4, 0.5) is 5.82 Å². The molecular formula is C29H32N6O2. The van der Waals surface area contributed by atoms with Gasteiger partial charge in [0.2, 0.25) is 0 Å². The third kappa shape index (κ3) is 5.02. The van der Waals surface area contributed by atoms with E-state index in [0.717, 1.165) is 31.4 Å². The summed E-state index contributed by atoms with van der Waals surface area (Å²) in [4.78, 5) is 12.9. The van der Waals surface area contributed by atoms with E-state index in [1.165, 1.54) is 41.5 Å². The van der Waals surface area contributed by atoms with Crippen LogP contribution in [0.15, 0.2) is 54.6 Å². The van der Waals surface area contributed by atoms with Gasteiger partial charge in [-0.15, -0.1) is 0 Å². The number of allylic oxidation sites excluding steroid dienone is 2. The molecule has 4 bridgehead atoms. The molecule has 6 rings (SSSR count). The Morgan fingerprint density at radius 2 is 1.89 bits per heavy atom. The first-order chi connectivity index (χ1) is 18.1. The Kier molecular flexibility index (Phi) is 6.49. The summed E-state index contributed by atoms with van der Waals surface area (Å²) in [6, 6.07) is 16.1. The maximum Gasteiger partial charge on any atom is 0.320 e. The summed E-state index contributed by atoms with van der Waals surface area (Å²) in [5.74, 6) is 0.195. The molecule has 1 fully saturated rings. The van der Waals surface area contributed by atoms with Gasteiger partial charge in [0, 0.05) is 12.6 Å². The molecule has 1 saturated carbocycles. The monoisotopic (exact) mass is 496 g/mol. The molecule has 0 atom stereocenters. The Morgan fingerprint density at radius 1 is 1.03 bits per heavy atom. The first-order valence-corrected chi connectivity index (χ1v) is 13.1. The number of hydrogen-bond acceptors (Lipinski definition) is 7. The molecule has 0 saturated heterocycles. The second kappa shape index (κ2) is 10.2. The van der Waals surface area contributed by atoms with Gasteiger partial charge in [-0.05, 0) is 59.9 Å². The van der Waals surface area contributed by atoms with Crippen LogP contribution >= 0.6 is 0 Å². The fourth-order valence-corrected chi connectivity index (χ4v) is 4.95. The van der Waals surface area contributed by atoms with Gasteiger partial charge < -0.3 is 20.9 Å². The first kappa shape index (κ1) is 23.5. The number of fused-ring (bicyclic) bond motifs is 3. The van der Waals surface area contributed by atoms with Crippen molar-refractivity contribution in [3.63, 3.8) is 0 Å². The highest BCUT2D eigenvalue weighted by molar-refractivity contribution is 5.83.